The fraction of sp³-hybridized carbons (Fsp3) is 0.235. The highest BCUT2D eigenvalue weighted by atomic mass is 19.2. The Bertz CT molecular complexity index is 489. The Morgan fingerprint density at radius 2 is 1.81 bits per heavy atom. The molecule has 114 valence electrons. The third kappa shape index (κ3) is 8.51. The second-order valence-electron chi connectivity index (χ2n) is 3.62. The van der Waals surface area contributed by atoms with Crippen molar-refractivity contribution < 1.29 is 18.7 Å². The van der Waals surface area contributed by atoms with Crippen molar-refractivity contribution in [2.24, 2.45) is 0 Å². The second kappa shape index (κ2) is 14.2. The predicted octanol–water partition coefficient (Wildman–Crippen LogP) is 3.51. The Hall–Kier alpha value is -2.25. The van der Waals surface area contributed by atoms with Gasteiger partial charge in [0.2, 0.25) is 0 Å². The second-order valence-corrected chi connectivity index (χ2v) is 3.62. The Kier molecular flexibility index (Phi) is 14.2. The number of hydrogen-bond donors (Lipinski definition) is 1. The molecule has 0 aliphatic heterocycles. The quantitative estimate of drug-likeness (QED) is 0.512. The molecule has 0 fully saturated rings. The number of hydrogen-bond acceptors (Lipinski definition) is 2. The molecule has 1 rings (SSSR count). The van der Waals surface area contributed by atoms with Crippen LogP contribution in [0.2, 0.25) is 0 Å². The average molecular weight is 294 g/mol. The van der Waals surface area contributed by atoms with Gasteiger partial charge in [0.05, 0.1) is 0 Å². The highest BCUT2D eigenvalue weighted by molar-refractivity contribution is 5.71. The highest BCUT2D eigenvalue weighted by Crippen LogP contribution is 2.19. The largest absolute Gasteiger partial charge is 0.400 e. The summed E-state index contributed by atoms with van der Waals surface area (Å²) in [6.45, 7) is 0.700. The van der Waals surface area contributed by atoms with Gasteiger partial charge in [-0.1, -0.05) is 30.3 Å². The van der Waals surface area contributed by atoms with Crippen molar-refractivity contribution in [1.29, 1.82) is 0 Å². The van der Waals surface area contributed by atoms with Gasteiger partial charge in [-0.15, -0.1) is 12.8 Å². The summed E-state index contributed by atoms with van der Waals surface area (Å²) in [5.74, 6) is -0.808. The highest BCUT2D eigenvalue weighted by Gasteiger charge is 2.02. The Morgan fingerprint density at radius 1 is 1.24 bits per heavy atom. The van der Waals surface area contributed by atoms with E-state index in [0.717, 1.165) is 36.2 Å². The Labute approximate surface area is 124 Å². The van der Waals surface area contributed by atoms with Gasteiger partial charge < -0.3 is 9.90 Å². The maximum absolute atomic E-state index is 12.6. The number of allylic oxidation sites excluding steroid dienone is 4. The standard InChI is InChI=1S/C14H14F2O.C2H2.CH4O/c1-11(6-7-13(16)10-15)14-5-3-2-4-12(14)8-9-17;2*1-2/h2-7,9H,8,10H2,1H3;1-2H;2H,1H3/b11-6+,13-7+;;. The first-order chi connectivity index (χ1) is 10.2. The first-order valence-electron chi connectivity index (χ1n) is 6.08. The lowest BCUT2D eigenvalue weighted by Crippen LogP contribution is -1.92. The molecule has 0 aromatic heterocycles. The SMILES string of the molecule is C#C.C/C(=C\C=C(\F)CF)c1ccccc1CC=O.CO. The van der Waals surface area contributed by atoms with Gasteiger partial charge in [0, 0.05) is 13.5 Å². The average Bonchev–Trinajstić information content (AvgIpc) is 2.56. The minimum absolute atomic E-state index is 0.316. The van der Waals surface area contributed by atoms with Gasteiger partial charge in [0.25, 0.3) is 0 Å². The molecule has 1 aromatic rings. The maximum atomic E-state index is 12.6. The molecule has 1 N–H and O–H groups in total. The molecule has 0 aliphatic rings. The van der Waals surface area contributed by atoms with E-state index in [2.05, 4.69) is 12.8 Å². The van der Waals surface area contributed by atoms with E-state index in [1.54, 1.807) is 6.92 Å². The lowest BCUT2D eigenvalue weighted by molar-refractivity contribution is -0.107. The number of rotatable bonds is 5. The van der Waals surface area contributed by atoms with Gasteiger partial charge >= 0.3 is 0 Å². The van der Waals surface area contributed by atoms with E-state index in [4.69, 9.17) is 5.11 Å². The van der Waals surface area contributed by atoms with Crippen LogP contribution in [0.25, 0.3) is 5.57 Å². The molecule has 0 aliphatic carbocycles. The maximum Gasteiger partial charge on any atom is 0.141 e. The molecule has 4 heteroatoms. The predicted molar refractivity (Wildman–Crippen MR) is 83.1 cm³/mol. The lowest BCUT2D eigenvalue weighted by Gasteiger charge is -2.06. The third-order valence-electron chi connectivity index (χ3n) is 2.39. The molecule has 21 heavy (non-hydrogen) atoms. The van der Waals surface area contributed by atoms with Crippen LogP contribution in [0.5, 0.6) is 0 Å². The summed E-state index contributed by atoms with van der Waals surface area (Å²) in [5.41, 5.74) is 2.55. The molecule has 0 amide bonds. The molecule has 0 spiro atoms. The van der Waals surface area contributed by atoms with Crippen LogP contribution >= 0.6 is 0 Å². The molecule has 0 unspecified atom stereocenters. The van der Waals surface area contributed by atoms with Gasteiger partial charge in [-0.25, -0.2) is 8.78 Å². The number of aliphatic hydroxyl groups is 1. The van der Waals surface area contributed by atoms with Gasteiger partial charge in [-0.2, -0.15) is 0 Å². The summed E-state index contributed by atoms with van der Waals surface area (Å²) in [6, 6.07) is 7.38. The first-order valence-corrected chi connectivity index (χ1v) is 6.08. The van der Waals surface area contributed by atoms with Gasteiger partial charge in [-0.05, 0) is 29.7 Å². The zero-order valence-corrected chi connectivity index (χ0v) is 12.2. The number of carbonyl (C=O) groups excluding carboxylic acids is 1. The van der Waals surface area contributed by atoms with Crippen LogP contribution < -0.4 is 0 Å². The number of terminal acetylenes is 1. The molecule has 0 heterocycles. The van der Waals surface area contributed by atoms with Crippen LogP contribution in [0.3, 0.4) is 0 Å². The normalized spacial score (nSPS) is 10.6. The third-order valence-corrected chi connectivity index (χ3v) is 2.39. The molecule has 1 aromatic carbocycles. The minimum Gasteiger partial charge on any atom is -0.400 e. The summed E-state index contributed by atoms with van der Waals surface area (Å²) in [7, 11) is 1.00. The van der Waals surface area contributed by atoms with Crippen molar-refractivity contribution in [2.45, 2.75) is 13.3 Å². The summed E-state index contributed by atoms with van der Waals surface area (Å²) < 4.78 is 24.6. The number of aliphatic hydroxyl groups excluding tert-OH is 1. The van der Waals surface area contributed by atoms with Crippen molar-refractivity contribution in [3.8, 4) is 12.8 Å². The van der Waals surface area contributed by atoms with Crippen LogP contribution in [-0.4, -0.2) is 25.2 Å². The molecule has 0 saturated heterocycles. The Morgan fingerprint density at radius 3 is 2.33 bits per heavy atom. The monoisotopic (exact) mass is 294 g/mol. The summed E-state index contributed by atoms with van der Waals surface area (Å²) in [4.78, 5) is 10.5. The molecular formula is C17H20F2O2. The smallest absolute Gasteiger partial charge is 0.141 e. The Balaban J connectivity index is 0. The topological polar surface area (TPSA) is 37.3 Å². The number of carbonyl (C=O) groups is 1. The van der Waals surface area contributed by atoms with Crippen molar-refractivity contribution >= 4 is 11.9 Å². The van der Waals surface area contributed by atoms with Crippen LogP contribution in [0.4, 0.5) is 8.78 Å². The number of halogens is 2. The van der Waals surface area contributed by atoms with Crippen LogP contribution in [0.15, 0.2) is 42.2 Å². The number of aldehydes is 1. The first kappa shape index (κ1) is 21.1. The van der Waals surface area contributed by atoms with Gasteiger partial charge in [0.15, 0.2) is 0 Å². The van der Waals surface area contributed by atoms with Crippen molar-refractivity contribution in [2.75, 3.05) is 13.8 Å². The molecule has 0 bridgehead atoms. The van der Waals surface area contributed by atoms with Crippen LogP contribution in [0, 0.1) is 12.8 Å². The fourth-order valence-electron chi connectivity index (χ4n) is 1.52. The molecule has 0 atom stereocenters. The van der Waals surface area contributed by atoms with E-state index < -0.39 is 12.5 Å². The van der Waals surface area contributed by atoms with E-state index in [1.807, 2.05) is 24.3 Å². The van der Waals surface area contributed by atoms with Crippen molar-refractivity contribution in [3.63, 3.8) is 0 Å². The van der Waals surface area contributed by atoms with Gasteiger partial charge in [0.1, 0.15) is 18.8 Å². The fourth-order valence-corrected chi connectivity index (χ4v) is 1.52. The number of benzene rings is 1. The van der Waals surface area contributed by atoms with Crippen LogP contribution in [0.1, 0.15) is 18.1 Å². The summed E-state index contributed by atoms with van der Waals surface area (Å²) in [5, 5.41) is 7.00. The zero-order chi connectivity index (χ0) is 16.7. The molecule has 0 saturated carbocycles. The molecular weight excluding hydrogens is 274 g/mol. The van der Waals surface area contributed by atoms with Crippen molar-refractivity contribution in [1.82, 2.24) is 0 Å². The van der Waals surface area contributed by atoms with Gasteiger partial charge in [-0.3, -0.25) is 0 Å². The van der Waals surface area contributed by atoms with E-state index in [0.29, 0.717) is 6.42 Å². The van der Waals surface area contributed by atoms with E-state index in [9.17, 15) is 13.6 Å². The summed E-state index contributed by atoms with van der Waals surface area (Å²) in [6.07, 6.45) is 11.8. The lowest BCUT2D eigenvalue weighted by atomic mass is 9.99. The molecule has 0 radical (unpaired) electrons. The van der Waals surface area contributed by atoms with Crippen molar-refractivity contribution in [3.05, 3.63) is 53.4 Å². The summed E-state index contributed by atoms with van der Waals surface area (Å²) >= 11 is 0. The van der Waals surface area contributed by atoms with Crippen LogP contribution in [-0.2, 0) is 11.2 Å². The van der Waals surface area contributed by atoms with E-state index >= 15 is 0 Å². The van der Waals surface area contributed by atoms with E-state index in [-0.39, 0.29) is 0 Å². The minimum atomic E-state index is -1.10. The molecule has 2 nitrogen and oxygen atoms in total. The van der Waals surface area contributed by atoms with E-state index in [1.165, 1.54) is 6.08 Å². The number of alkyl halides is 1. The zero-order valence-electron chi connectivity index (χ0n) is 12.2.